The zero-order valence-corrected chi connectivity index (χ0v) is 9.60. The maximum absolute atomic E-state index is 10.5. The van der Waals surface area contributed by atoms with E-state index in [1.54, 1.807) is 0 Å². The van der Waals surface area contributed by atoms with Crippen molar-refractivity contribution in [2.75, 3.05) is 0 Å². The molecule has 2 saturated carbocycles. The highest BCUT2D eigenvalue weighted by molar-refractivity contribution is 5.04. The summed E-state index contributed by atoms with van der Waals surface area (Å²) in [5.41, 5.74) is -2.28. The Labute approximate surface area is 95.9 Å². The van der Waals surface area contributed by atoms with Crippen LogP contribution in [0, 0.1) is 0 Å². The highest BCUT2D eigenvalue weighted by Crippen LogP contribution is 2.44. The molecule has 0 amide bonds. The molecule has 2 aliphatic carbocycles. The Bertz CT molecular complexity index is 247. The van der Waals surface area contributed by atoms with Gasteiger partial charge in [-0.1, -0.05) is 0 Å². The van der Waals surface area contributed by atoms with E-state index in [-0.39, 0.29) is 12.5 Å². The zero-order valence-electron chi connectivity index (χ0n) is 9.60. The lowest BCUT2D eigenvalue weighted by Gasteiger charge is -2.49. The van der Waals surface area contributed by atoms with Gasteiger partial charge < -0.3 is 20.4 Å². The van der Waals surface area contributed by atoms with E-state index in [0.29, 0.717) is 38.5 Å². The number of rotatable bonds is 1. The molecule has 0 heterocycles. The SMILES string of the molecule is OC1CCC(O)(C2(O)CCCC(O)C2)CC1. The van der Waals surface area contributed by atoms with E-state index < -0.39 is 17.3 Å². The maximum Gasteiger partial charge on any atom is 0.0957 e. The van der Waals surface area contributed by atoms with Gasteiger partial charge in [-0.15, -0.1) is 0 Å². The largest absolute Gasteiger partial charge is 0.393 e. The van der Waals surface area contributed by atoms with Crippen LogP contribution < -0.4 is 0 Å². The summed E-state index contributed by atoms with van der Waals surface area (Å²) < 4.78 is 0. The minimum Gasteiger partial charge on any atom is -0.393 e. The molecule has 4 nitrogen and oxygen atoms in total. The van der Waals surface area contributed by atoms with Gasteiger partial charge in [0, 0.05) is 6.42 Å². The predicted molar refractivity (Wildman–Crippen MR) is 58.8 cm³/mol. The normalized spacial score (nSPS) is 50.2. The molecule has 0 aromatic rings. The first kappa shape index (κ1) is 12.3. The summed E-state index contributed by atoms with van der Waals surface area (Å²) in [6.45, 7) is 0. The summed E-state index contributed by atoms with van der Waals surface area (Å²) in [6.07, 6.45) is 3.35. The number of aliphatic hydroxyl groups is 4. The van der Waals surface area contributed by atoms with E-state index in [1.807, 2.05) is 0 Å². The second-order valence-electron chi connectivity index (χ2n) is 5.54. The third kappa shape index (κ3) is 2.12. The first-order valence-corrected chi connectivity index (χ1v) is 6.26. The van der Waals surface area contributed by atoms with Crippen molar-refractivity contribution in [3.05, 3.63) is 0 Å². The molecular weight excluding hydrogens is 208 g/mol. The smallest absolute Gasteiger partial charge is 0.0957 e. The number of hydrogen-bond donors (Lipinski definition) is 4. The Morgan fingerprint density at radius 1 is 0.750 bits per heavy atom. The van der Waals surface area contributed by atoms with E-state index in [0.717, 1.165) is 6.42 Å². The molecule has 16 heavy (non-hydrogen) atoms. The molecule has 0 bridgehead atoms. The van der Waals surface area contributed by atoms with Gasteiger partial charge in [0.1, 0.15) is 0 Å². The van der Waals surface area contributed by atoms with Crippen LogP contribution in [0.1, 0.15) is 51.4 Å². The van der Waals surface area contributed by atoms with Gasteiger partial charge in [-0.3, -0.25) is 0 Å². The highest BCUT2D eigenvalue weighted by Gasteiger charge is 2.52. The minimum absolute atomic E-state index is 0.263. The quantitative estimate of drug-likeness (QED) is 0.523. The third-order valence-corrected chi connectivity index (χ3v) is 4.35. The lowest BCUT2D eigenvalue weighted by atomic mass is 9.65. The lowest BCUT2D eigenvalue weighted by molar-refractivity contribution is -0.202. The molecule has 94 valence electrons. The molecule has 0 radical (unpaired) electrons. The Morgan fingerprint density at radius 3 is 1.94 bits per heavy atom. The third-order valence-electron chi connectivity index (χ3n) is 4.35. The molecule has 0 saturated heterocycles. The monoisotopic (exact) mass is 230 g/mol. The van der Waals surface area contributed by atoms with E-state index >= 15 is 0 Å². The minimum atomic E-state index is -1.16. The van der Waals surface area contributed by atoms with Crippen LogP contribution in [0.25, 0.3) is 0 Å². The van der Waals surface area contributed by atoms with Crippen molar-refractivity contribution >= 4 is 0 Å². The van der Waals surface area contributed by atoms with Crippen LogP contribution in [0.5, 0.6) is 0 Å². The van der Waals surface area contributed by atoms with Crippen LogP contribution in [0.3, 0.4) is 0 Å². The van der Waals surface area contributed by atoms with Crippen molar-refractivity contribution in [2.24, 2.45) is 0 Å². The Balaban J connectivity index is 2.09. The van der Waals surface area contributed by atoms with Crippen molar-refractivity contribution in [2.45, 2.75) is 74.8 Å². The molecule has 0 spiro atoms. The van der Waals surface area contributed by atoms with Gasteiger partial charge in [0.05, 0.1) is 23.4 Å². The average Bonchev–Trinajstić information content (AvgIpc) is 2.22. The van der Waals surface area contributed by atoms with E-state index in [4.69, 9.17) is 0 Å². The molecule has 2 fully saturated rings. The first-order chi connectivity index (χ1) is 7.45. The van der Waals surface area contributed by atoms with Gasteiger partial charge in [0.25, 0.3) is 0 Å². The Kier molecular flexibility index (Phi) is 3.27. The maximum atomic E-state index is 10.5. The van der Waals surface area contributed by atoms with Crippen LogP contribution in [0.15, 0.2) is 0 Å². The van der Waals surface area contributed by atoms with Gasteiger partial charge >= 0.3 is 0 Å². The summed E-state index contributed by atoms with van der Waals surface area (Å²) in [5, 5.41) is 40.1. The molecule has 2 rings (SSSR count). The summed E-state index contributed by atoms with van der Waals surface area (Å²) in [7, 11) is 0. The van der Waals surface area contributed by atoms with Crippen LogP contribution in [0.4, 0.5) is 0 Å². The first-order valence-electron chi connectivity index (χ1n) is 6.26. The highest BCUT2D eigenvalue weighted by atomic mass is 16.4. The topological polar surface area (TPSA) is 80.9 Å². The summed E-state index contributed by atoms with van der Waals surface area (Å²) in [6, 6.07) is 0. The second-order valence-corrected chi connectivity index (χ2v) is 5.54. The van der Waals surface area contributed by atoms with Crippen molar-refractivity contribution in [1.82, 2.24) is 0 Å². The molecule has 0 aromatic carbocycles. The molecule has 2 aliphatic rings. The van der Waals surface area contributed by atoms with Crippen LogP contribution in [0.2, 0.25) is 0 Å². The molecule has 4 N–H and O–H groups in total. The Morgan fingerprint density at radius 2 is 1.38 bits per heavy atom. The van der Waals surface area contributed by atoms with Crippen molar-refractivity contribution in [1.29, 1.82) is 0 Å². The van der Waals surface area contributed by atoms with Crippen LogP contribution in [-0.4, -0.2) is 43.8 Å². The average molecular weight is 230 g/mol. The number of aliphatic hydroxyl groups excluding tert-OH is 2. The predicted octanol–water partition coefficient (Wildman–Crippen LogP) is 0.318. The lowest BCUT2D eigenvalue weighted by Crippen LogP contribution is -2.59. The Hall–Kier alpha value is -0.160. The summed E-state index contributed by atoms with van der Waals surface area (Å²) >= 11 is 0. The van der Waals surface area contributed by atoms with Gasteiger partial charge in [-0.25, -0.2) is 0 Å². The van der Waals surface area contributed by atoms with E-state index in [2.05, 4.69) is 0 Å². The fourth-order valence-corrected chi connectivity index (χ4v) is 3.19. The molecular formula is C12H22O4. The molecule has 0 aromatic heterocycles. The molecule has 4 heteroatoms. The molecule has 0 aliphatic heterocycles. The van der Waals surface area contributed by atoms with Gasteiger partial charge in [0.15, 0.2) is 0 Å². The number of hydrogen-bond acceptors (Lipinski definition) is 4. The molecule has 2 atom stereocenters. The summed E-state index contributed by atoms with van der Waals surface area (Å²) in [5.74, 6) is 0. The van der Waals surface area contributed by atoms with Crippen molar-refractivity contribution < 1.29 is 20.4 Å². The van der Waals surface area contributed by atoms with Crippen LogP contribution >= 0.6 is 0 Å². The van der Waals surface area contributed by atoms with E-state index in [9.17, 15) is 20.4 Å². The fraction of sp³-hybridized carbons (Fsp3) is 1.00. The standard InChI is InChI=1S/C12H22O4/c13-9-3-6-11(15,7-4-9)12(16)5-1-2-10(14)8-12/h9-10,13-16H,1-8H2. The van der Waals surface area contributed by atoms with Gasteiger partial charge in [-0.05, 0) is 44.9 Å². The van der Waals surface area contributed by atoms with Crippen molar-refractivity contribution in [3.63, 3.8) is 0 Å². The van der Waals surface area contributed by atoms with Crippen LogP contribution in [-0.2, 0) is 0 Å². The fourth-order valence-electron chi connectivity index (χ4n) is 3.19. The van der Waals surface area contributed by atoms with Crippen molar-refractivity contribution in [3.8, 4) is 0 Å². The van der Waals surface area contributed by atoms with Gasteiger partial charge in [-0.2, -0.15) is 0 Å². The summed E-state index contributed by atoms with van der Waals surface area (Å²) in [4.78, 5) is 0. The van der Waals surface area contributed by atoms with E-state index in [1.165, 1.54) is 0 Å². The zero-order chi connectivity index (χ0) is 11.8. The second kappa shape index (κ2) is 4.26. The molecule has 2 unspecified atom stereocenters. The van der Waals surface area contributed by atoms with Gasteiger partial charge in [0.2, 0.25) is 0 Å².